The molecule has 1 aromatic carbocycles. The molecule has 0 heterocycles. The molecule has 0 spiro atoms. The number of rotatable bonds is 8. The number of benzene rings is 1. The molecule has 0 aliphatic rings. The zero-order valence-corrected chi connectivity index (χ0v) is 11.2. The quantitative estimate of drug-likeness (QED) is 0.633. The van der Waals surface area contributed by atoms with Crippen LogP contribution in [0.25, 0.3) is 0 Å². The van der Waals surface area contributed by atoms with Crippen LogP contribution >= 0.6 is 0 Å². The van der Waals surface area contributed by atoms with Gasteiger partial charge >= 0.3 is 0 Å². The van der Waals surface area contributed by atoms with E-state index >= 15 is 0 Å². The fraction of sp³-hybridized carbons (Fsp3) is 0.600. The van der Waals surface area contributed by atoms with Crippen molar-refractivity contribution in [1.82, 2.24) is 0 Å². The van der Waals surface area contributed by atoms with Gasteiger partial charge in [-0.3, -0.25) is 0 Å². The molecule has 0 radical (unpaired) electrons. The molecule has 1 rings (SSSR count). The average Bonchev–Trinajstić information content (AvgIpc) is 2.41. The molecule has 0 aromatic heterocycles. The minimum Gasteiger partial charge on any atom is -0.346 e. The highest BCUT2D eigenvalue weighted by Crippen LogP contribution is 2.31. The van der Waals surface area contributed by atoms with Gasteiger partial charge in [-0.2, -0.15) is 0 Å². The molecule has 0 fully saturated rings. The molecule has 0 atom stereocenters. The van der Waals surface area contributed by atoms with E-state index in [4.69, 9.17) is 9.47 Å². The van der Waals surface area contributed by atoms with E-state index in [1.165, 1.54) is 0 Å². The van der Waals surface area contributed by atoms with E-state index in [1.54, 1.807) is 0 Å². The van der Waals surface area contributed by atoms with Crippen LogP contribution in [0.2, 0.25) is 0 Å². The van der Waals surface area contributed by atoms with Gasteiger partial charge in [-0.05, 0) is 12.8 Å². The predicted octanol–water partition coefficient (Wildman–Crippen LogP) is 4.10. The summed E-state index contributed by atoms with van der Waals surface area (Å²) in [4.78, 5) is 0. The van der Waals surface area contributed by atoms with Gasteiger partial charge in [-0.1, -0.05) is 51.1 Å². The van der Waals surface area contributed by atoms with Crippen molar-refractivity contribution in [2.75, 3.05) is 13.2 Å². The van der Waals surface area contributed by atoms with Gasteiger partial charge in [-0.15, -0.1) is 0 Å². The summed E-state index contributed by atoms with van der Waals surface area (Å²) in [7, 11) is 0. The van der Waals surface area contributed by atoms with Gasteiger partial charge in [0.25, 0.3) is 0 Å². The first-order valence-electron chi connectivity index (χ1n) is 6.62. The molecule has 0 amide bonds. The Hall–Kier alpha value is -0.860. The summed E-state index contributed by atoms with van der Waals surface area (Å²) in [5.74, 6) is -0.562. The molecule has 1 aromatic rings. The Labute approximate surface area is 105 Å². The van der Waals surface area contributed by atoms with E-state index in [-0.39, 0.29) is 0 Å². The summed E-state index contributed by atoms with van der Waals surface area (Å²) in [6.45, 7) is 7.80. The maximum Gasteiger partial charge on any atom is 0.194 e. The second kappa shape index (κ2) is 7.46. The van der Waals surface area contributed by atoms with Crippen molar-refractivity contribution in [3.63, 3.8) is 0 Å². The zero-order valence-electron chi connectivity index (χ0n) is 11.2. The molecule has 0 saturated carbocycles. The molecule has 0 aliphatic heterocycles. The molecule has 0 aliphatic carbocycles. The Kier molecular flexibility index (Phi) is 6.23. The van der Waals surface area contributed by atoms with E-state index in [0.717, 1.165) is 38.0 Å². The molecule has 0 N–H and O–H groups in total. The van der Waals surface area contributed by atoms with Gasteiger partial charge in [0, 0.05) is 12.0 Å². The first kappa shape index (κ1) is 14.2. The van der Waals surface area contributed by atoms with Crippen LogP contribution in [-0.4, -0.2) is 13.2 Å². The SMILES string of the molecule is CCCOC(CC)(OCCC)c1ccccc1. The first-order chi connectivity index (χ1) is 8.29. The maximum atomic E-state index is 5.99. The summed E-state index contributed by atoms with van der Waals surface area (Å²) < 4.78 is 12.0. The Bertz CT molecular complexity index is 287. The lowest BCUT2D eigenvalue weighted by Gasteiger charge is -2.33. The third-order valence-corrected chi connectivity index (χ3v) is 2.76. The summed E-state index contributed by atoms with van der Waals surface area (Å²) in [6, 6.07) is 10.2. The van der Waals surface area contributed by atoms with Crippen LogP contribution in [0.1, 0.15) is 45.6 Å². The highest BCUT2D eigenvalue weighted by Gasteiger charge is 2.31. The van der Waals surface area contributed by atoms with Crippen molar-refractivity contribution in [2.45, 2.75) is 45.8 Å². The van der Waals surface area contributed by atoms with Crippen molar-refractivity contribution in [1.29, 1.82) is 0 Å². The molecular weight excluding hydrogens is 212 g/mol. The van der Waals surface area contributed by atoms with Gasteiger partial charge in [-0.25, -0.2) is 0 Å². The predicted molar refractivity (Wildman–Crippen MR) is 70.9 cm³/mol. The number of hydrogen-bond acceptors (Lipinski definition) is 2. The van der Waals surface area contributed by atoms with Crippen LogP contribution in [0.3, 0.4) is 0 Å². The van der Waals surface area contributed by atoms with Crippen molar-refractivity contribution >= 4 is 0 Å². The number of hydrogen-bond donors (Lipinski definition) is 0. The Balaban J connectivity index is 2.89. The van der Waals surface area contributed by atoms with E-state index in [9.17, 15) is 0 Å². The second-order valence-corrected chi connectivity index (χ2v) is 4.17. The lowest BCUT2D eigenvalue weighted by atomic mass is 10.0. The largest absolute Gasteiger partial charge is 0.346 e. The van der Waals surface area contributed by atoms with Crippen LogP contribution in [0.4, 0.5) is 0 Å². The van der Waals surface area contributed by atoms with Gasteiger partial charge in [0.15, 0.2) is 5.79 Å². The van der Waals surface area contributed by atoms with E-state index < -0.39 is 5.79 Å². The third kappa shape index (κ3) is 3.83. The van der Waals surface area contributed by atoms with Crippen LogP contribution in [0, 0.1) is 0 Å². The average molecular weight is 236 g/mol. The summed E-state index contributed by atoms with van der Waals surface area (Å²) >= 11 is 0. The summed E-state index contributed by atoms with van der Waals surface area (Å²) in [6.07, 6.45) is 2.84. The molecule has 0 unspecified atom stereocenters. The van der Waals surface area contributed by atoms with Crippen LogP contribution in [-0.2, 0) is 15.3 Å². The molecule has 17 heavy (non-hydrogen) atoms. The minimum absolute atomic E-state index is 0.562. The Morgan fingerprint density at radius 2 is 1.41 bits per heavy atom. The topological polar surface area (TPSA) is 18.5 Å². The van der Waals surface area contributed by atoms with Crippen LogP contribution in [0.5, 0.6) is 0 Å². The van der Waals surface area contributed by atoms with Gasteiger partial charge in [0.2, 0.25) is 0 Å². The fourth-order valence-corrected chi connectivity index (χ4v) is 1.84. The van der Waals surface area contributed by atoms with Gasteiger partial charge < -0.3 is 9.47 Å². The van der Waals surface area contributed by atoms with Crippen molar-refractivity contribution in [3.05, 3.63) is 35.9 Å². The van der Waals surface area contributed by atoms with E-state index in [0.29, 0.717) is 0 Å². The molecular formula is C15H24O2. The third-order valence-electron chi connectivity index (χ3n) is 2.76. The molecule has 0 bridgehead atoms. The molecule has 2 nitrogen and oxygen atoms in total. The highest BCUT2D eigenvalue weighted by atomic mass is 16.7. The Morgan fingerprint density at radius 1 is 0.882 bits per heavy atom. The number of ether oxygens (including phenoxy) is 2. The van der Waals surface area contributed by atoms with Crippen LogP contribution in [0.15, 0.2) is 30.3 Å². The Morgan fingerprint density at radius 3 is 1.82 bits per heavy atom. The monoisotopic (exact) mass is 236 g/mol. The first-order valence-corrected chi connectivity index (χ1v) is 6.62. The lowest BCUT2D eigenvalue weighted by molar-refractivity contribution is -0.249. The normalized spacial score (nSPS) is 11.7. The van der Waals surface area contributed by atoms with Crippen molar-refractivity contribution in [3.8, 4) is 0 Å². The highest BCUT2D eigenvalue weighted by molar-refractivity contribution is 5.20. The van der Waals surface area contributed by atoms with Gasteiger partial charge in [0.1, 0.15) is 0 Å². The fourth-order valence-electron chi connectivity index (χ4n) is 1.84. The molecule has 96 valence electrons. The second-order valence-electron chi connectivity index (χ2n) is 4.17. The minimum atomic E-state index is -0.562. The summed E-state index contributed by atoms with van der Waals surface area (Å²) in [5.41, 5.74) is 1.12. The standard InChI is InChI=1S/C15H24O2/c1-4-12-16-15(6-3,17-13-5-2)14-10-8-7-9-11-14/h7-11H,4-6,12-13H2,1-3H3. The van der Waals surface area contributed by atoms with Crippen molar-refractivity contribution < 1.29 is 9.47 Å². The summed E-state index contributed by atoms with van der Waals surface area (Å²) in [5, 5.41) is 0. The van der Waals surface area contributed by atoms with Gasteiger partial charge in [0.05, 0.1) is 13.2 Å². The maximum absolute atomic E-state index is 5.99. The van der Waals surface area contributed by atoms with Crippen molar-refractivity contribution in [2.24, 2.45) is 0 Å². The molecule has 0 saturated heterocycles. The van der Waals surface area contributed by atoms with E-state index in [1.807, 2.05) is 18.2 Å². The molecule has 2 heteroatoms. The van der Waals surface area contributed by atoms with Crippen LogP contribution < -0.4 is 0 Å². The zero-order chi connectivity index (χ0) is 12.6. The smallest absolute Gasteiger partial charge is 0.194 e. The van der Waals surface area contributed by atoms with E-state index in [2.05, 4.69) is 32.9 Å². The lowest BCUT2D eigenvalue weighted by Crippen LogP contribution is -2.33.